The summed E-state index contributed by atoms with van der Waals surface area (Å²) in [5, 5.41) is 0. The molecule has 0 atom stereocenters. The zero-order valence-corrected chi connectivity index (χ0v) is 31.7. The van der Waals surface area contributed by atoms with Crippen LogP contribution in [0.3, 0.4) is 0 Å². The molecule has 0 heterocycles. The molecule has 0 saturated heterocycles. The van der Waals surface area contributed by atoms with Crippen molar-refractivity contribution in [3.63, 3.8) is 0 Å². The van der Waals surface area contributed by atoms with Gasteiger partial charge in [0.2, 0.25) is 0 Å². The van der Waals surface area contributed by atoms with Crippen LogP contribution in [0.4, 0.5) is 0 Å². The molecule has 0 aromatic carbocycles. The van der Waals surface area contributed by atoms with E-state index in [9.17, 15) is 0 Å². The van der Waals surface area contributed by atoms with E-state index in [-0.39, 0.29) is 173 Å². The van der Waals surface area contributed by atoms with E-state index in [0.29, 0.717) is 0 Å². The quantitative estimate of drug-likeness (QED) is 0.203. The van der Waals surface area contributed by atoms with Crippen LogP contribution < -0.4 is 41.9 Å². The fourth-order valence-electron chi connectivity index (χ4n) is 0. The summed E-state index contributed by atoms with van der Waals surface area (Å²) >= 11 is -28.1. The second-order valence-electron chi connectivity index (χ2n) is 1.89. The molecule has 0 unspecified atom stereocenters. The Labute approximate surface area is 311 Å². The summed E-state index contributed by atoms with van der Waals surface area (Å²) in [6.07, 6.45) is 0. The Balaban J connectivity index is -0.0000000238. The summed E-state index contributed by atoms with van der Waals surface area (Å²) in [7, 11) is 0. The molecule has 167 valence electrons. The van der Waals surface area contributed by atoms with Crippen LogP contribution >= 0.6 is 0 Å². The molecular formula is Mn5Nd2O20Sr2. The molecular weight excluding hydrogens is 1060 g/mol. The molecule has 29 heteroatoms. The standard InChI is InChI=1S/5Mn.2Nd.20O.2Sr/q;;;;;2*+3;;;;;;;;;;;10*-1;2*+2. The predicted octanol–water partition coefficient (Wildman–Crippen LogP) is -13.9. The Morgan fingerprint density at radius 1 is 0.276 bits per heavy atom. The summed E-state index contributed by atoms with van der Waals surface area (Å²) in [5.74, 6) is 0. The van der Waals surface area contributed by atoms with Crippen molar-refractivity contribution in [1.29, 1.82) is 0 Å². The van der Waals surface area contributed by atoms with Gasteiger partial charge in [-0.1, -0.05) is 0 Å². The Morgan fingerprint density at radius 3 is 0.276 bits per heavy atom. The minimum atomic E-state index is -5.62. The van der Waals surface area contributed by atoms with Crippen molar-refractivity contribution in [2.45, 2.75) is 0 Å². The molecule has 0 aliphatic heterocycles. The van der Waals surface area contributed by atoms with Crippen molar-refractivity contribution in [1.82, 2.24) is 0 Å². The maximum absolute atomic E-state index is 8.58. The fourth-order valence-corrected chi connectivity index (χ4v) is 0. The average Bonchev–Trinajstić information content (AvgIpc) is 1.79. The van der Waals surface area contributed by atoms with Gasteiger partial charge in [0.1, 0.15) is 0 Å². The number of hydrogen-bond acceptors (Lipinski definition) is 20. The molecule has 0 aromatic rings. The van der Waals surface area contributed by atoms with E-state index < -0.39 is 66.8 Å². The first-order valence-corrected chi connectivity index (χ1v) is 12.7. The third-order valence-electron chi connectivity index (χ3n) is 0. The largest absolute Gasteiger partial charge is 2.00 e. The molecule has 29 heavy (non-hydrogen) atoms. The minimum absolute atomic E-state index is 0. The van der Waals surface area contributed by atoms with Crippen molar-refractivity contribution >= 4 is 91.0 Å². The Kier molecular flexibility index (Phi) is 58.6. The van der Waals surface area contributed by atoms with E-state index in [1.165, 1.54) is 0 Å². The first-order valence-electron chi connectivity index (χ1n) is 3.09. The minimum Gasteiger partial charge on any atom is 2.00 e. The van der Waals surface area contributed by atoms with Crippen LogP contribution in [0, 0.1) is 81.7 Å². The Hall–Kier alpha value is 5.86. The Morgan fingerprint density at radius 2 is 0.276 bits per heavy atom. The summed E-state index contributed by atoms with van der Waals surface area (Å²) in [4.78, 5) is 0. The smallest absolute Gasteiger partial charge is 2.00 e. The van der Waals surface area contributed by atoms with E-state index in [2.05, 4.69) is 0 Å². The third-order valence-corrected chi connectivity index (χ3v) is 0. The van der Waals surface area contributed by atoms with Gasteiger partial charge in [0.25, 0.3) is 0 Å². The fraction of sp³-hybridized carbons (Fsp3) is 0. The zero-order valence-electron chi connectivity index (χ0n) is 12.5. The van der Waals surface area contributed by atoms with Gasteiger partial charge in [-0.2, -0.15) is 0 Å². The number of rotatable bonds is 0. The molecule has 0 saturated carbocycles. The van der Waals surface area contributed by atoms with Crippen molar-refractivity contribution in [3.05, 3.63) is 0 Å². The maximum atomic E-state index is 8.58. The first kappa shape index (κ1) is 59.8. The number of hydrogen-bond donors (Lipinski definition) is 0. The van der Waals surface area contributed by atoms with Crippen LogP contribution in [0.25, 0.3) is 0 Å². The van der Waals surface area contributed by atoms with Gasteiger partial charge in [-0.05, 0) is 0 Å². The monoisotopic (exact) mass is 1050 g/mol. The molecule has 0 amide bonds. The second kappa shape index (κ2) is 28.4. The molecule has 2 radical (unpaired) electrons. The summed E-state index contributed by atoms with van der Waals surface area (Å²) in [6.45, 7) is 0. The first-order chi connectivity index (χ1) is 10.0. The van der Waals surface area contributed by atoms with E-state index >= 15 is 0 Å². The SMILES string of the molecule is [Nd+3].[Nd+3].[O]=[Mn](=[O])([O-])[O-].[O]=[Mn](=[O])([O-])[O-].[O]=[Mn](=[O])([O-])[O-].[O]=[Mn](=[O])([O-])[O-].[O]=[Mn](=[O])([O-])[O-].[Sr+2].[Sr+2]. The normalized spacial score (nSPS) is 10.0. The predicted molar refractivity (Wildman–Crippen MR) is 18.4 cm³/mol. The van der Waals surface area contributed by atoms with Crippen LogP contribution in [-0.4, -0.2) is 91.0 Å². The van der Waals surface area contributed by atoms with E-state index in [1.54, 1.807) is 0 Å². The van der Waals surface area contributed by atoms with Gasteiger partial charge < -0.3 is 0 Å². The van der Waals surface area contributed by atoms with Crippen molar-refractivity contribution in [2.75, 3.05) is 0 Å². The molecule has 0 rings (SSSR count). The molecule has 0 N–H and O–H groups in total. The third kappa shape index (κ3) is 1000. The van der Waals surface area contributed by atoms with Gasteiger partial charge in [-0.15, -0.1) is 0 Å². The van der Waals surface area contributed by atoms with Crippen LogP contribution in [0.15, 0.2) is 0 Å². The van der Waals surface area contributed by atoms with Gasteiger partial charge in [-0.25, -0.2) is 0 Å². The molecule has 0 aliphatic carbocycles. The summed E-state index contributed by atoms with van der Waals surface area (Å²) in [5.41, 5.74) is 0. The van der Waals surface area contributed by atoms with Gasteiger partial charge in [-0.3, -0.25) is 0 Å². The van der Waals surface area contributed by atoms with Gasteiger partial charge in [0.05, 0.1) is 0 Å². The van der Waals surface area contributed by atoms with Crippen molar-refractivity contribution < 1.29 is 229 Å². The van der Waals surface area contributed by atoms with E-state index in [1.807, 2.05) is 0 Å². The van der Waals surface area contributed by atoms with Crippen LogP contribution in [0.5, 0.6) is 0 Å². The van der Waals surface area contributed by atoms with Crippen LogP contribution in [0.1, 0.15) is 0 Å². The molecule has 0 aromatic heterocycles. The van der Waals surface area contributed by atoms with Gasteiger partial charge in [0.15, 0.2) is 0 Å². The molecule has 20 nitrogen and oxygen atoms in total. The van der Waals surface area contributed by atoms with Crippen molar-refractivity contribution in [3.8, 4) is 0 Å². The average molecular weight is 1060 g/mol. The summed E-state index contributed by atoms with van der Waals surface area (Å²) in [6, 6.07) is 0. The van der Waals surface area contributed by atoms with Crippen molar-refractivity contribution in [2.24, 2.45) is 0 Å². The van der Waals surface area contributed by atoms with E-state index in [0.717, 1.165) is 0 Å². The summed E-state index contributed by atoms with van der Waals surface area (Å²) < 4.78 is 172. The molecule has 0 spiro atoms. The maximum Gasteiger partial charge on any atom is 2.00 e. The van der Waals surface area contributed by atoms with Crippen LogP contribution in [0.2, 0.25) is 0 Å². The Bertz CT molecular complexity index is 629. The molecule has 0 aliphatic rings. The topological polar surface area (TPSA) is 401 Å². The molecule has 0 bridgehead atoms. The molecule has 0 fully saturated rings. The van der Waals surface area contributed by atoms with Crippen LogP contribution in [-0.2, 0) is 105 Å². The second-order valence-corrected chi connectivity index (χ2v) is 7.79. The van der Waals surface area contributed by atoms with E-state index in [4.69, 9.17) is 80.2 Å². The van der Waals surface area contributed by atoms with Gasteiger partial charge in [0, 0.05) is 0 Å². The zero-order chi connectivity index (χ0) is 22.5. The van der Waals surface area contributed by atoms with Gasteiger partial charge >= 0.3 is 320 Å².